The van der Waals surface area contributed by atoms with Crippen molar-refractivity contribution in [3.63, 3.8) is 0 Å². The lowest BCUT2D eigenvalue weighted by Crippen LogP contribution is -2.23. The summed E-state index contributed by atoms with van der Waals surface area (Å²) in [5.74, 6) is 3.79. The van der Waals surface area contributed by atoms with Crippen LogP contribution in [-0.4, -0.2) is 25.6 Å². The van der Waals surface area contributed by atoms with E-state index in [4.69, 9.17) is 6.42 Å². The van der Waals surface area contributed by atoms with Gasteiger partial charge in [0.25, 0.3) is 0 Å². The molecule has 1 fully saturated rings. The first-order chi connectivity index (χ1) is 13.3. The molecule has 0 saturated heterocycles. The van der Waals surface area contributed by atoms with Crippen molar-refractivity contribution in [1.82, 2.24) is 19.5 Å². The summed E-state index contributed by atoms with van der Waals surface area (Å²) in [5.41, 5.74) is 2.60. The van der Waals surface area contributed by atoms with Crippen molar-refractivity contribution in [2.24, 2.45) is 0 Å². The summed E-state index contributed by atoms with van der Waals surface area (Å²) < 4.78 is 2.07. The predicted molar refractivity (Wildman–Crippen MR) is 107 cm³/mol. The zero-order valence-electron chi connectivity index (χ0n) is 15.1. The fraction of sp³-hybridized carbons (Fsp3) is 0.286. The Labute approximate surface area is 159 Å². The van der Waals surface area contributed by atoms with Crippen LogP contribution in [0, 0.1) is 12.3 Å². The second-order valence-electron chi connectivity index (χ2n) is 6.71. The molecule has 0 bridgehead atoms. The van der Waals surface area contributed by atoms with Gasteiger partial charge < -0.3 is 15.2 Å². The minimum Gasteiger partial charge on any atom is -0.380 e. The maximum absolute atomic E-state index is 5.33. The molecule has 1 saturated carbocycles. The van der Waals surface area contributed by atoms with Crippen LogP contribution >= 0.6 is 0 Å². The van der Waals surface area contributed by atoms with Gasteiger partial charge in [0, 0.05) is 24.5 Å². The van der Waals surface area contributed by atoms with E-state index in [1.165, 1.54) is 32.1 Å². The Morgan fingerprint density at radius 1 is 0.963 bits per heavy atom. The van der Waals surface area contributed by atoms with Crippen molar-refractivity contribution in [2.45, 2.75) is 38.1 Å². The van der Waals surface area contributed by atoms with Gasteiger partial charge in [-0.3, -0.25) is 0 Å². The van der Waals surface area contributed by atoms with Gasteiger partial charge in [0.05, 0.1) is 30.0 Å². The second-order valence-corrected chi connectivity index (χ2v) is 6.71. The maximum Gasteiger partial charge on any atom is 0.150 e. The van der Waals surface area contributed by atoms with Crippen molar-refractivity contribution >= 4 is 17.3 Å². The van der Waals surface area contributed by atoms with Crippen LogP contribution in [0.4, 0.5) is 17.3 Å². The van der Waals surface area contributed by atoms with Gasteiger partial charge in [-0.25, -0.2) is 15.0 Å². The number of aromatic nitrogens is 4. The SMILES string of the molecule is C#Cc1cnc(Nc2cc(NC3CCCCC3)c(-n3cccc3)cn2)cn1. The molecule has 4 rings (SSSR count). The van der Waals surface area contributed by atoms with Crippen LogP contribution in [0.3, 0.4) is 0 Å². The third-order valence-corrected chi connectivity index (χ3v) is 4.79. The molecule has 6 heteroatoms. The second kappa shape index (κ2) is 7.92. The quantitative estimate of drug-likeness (QED) is 0.671. The number of hydrogen-bond acceptors (Lipinski definition) is 5. The number of hydrogen-bond donors (Lipinski definition) is 2. The van der Waals surface area contributed by atoms with Gasteiger partial charge >= 0.3 is 0 Å². The van der Waals surface area contributed by atoms with Crippen molar-refractivity contribution in [3.05, 3.63) is 54.9 Å². The predicted octanol–water partition coefficient (Wildman–Crippen LogP) is 4.13. The molecule has 6 nitrogen and oxygen atoms in total. The number of nitrogens with one attached hydrogen (secondary N) is 2. The highest BCUT2D eigenvalue weighted by Crippen LogP contribution is 2.28. The molecule has 0 spiro atoms. The summed E-state index contributed by atoms with van der Waals surface area (Å²) in [7, 11) is 0. The van der Waals surface area contributed by atoms with Crippen LogP contribution in [0.25, 0.3) is 5.69 Å². The van der Waals surface area contributed by atoms with Crippen LogP contribution in [0.2, 0.25) is 0 Å². The van der Waals surface area contributed by atoms with Gasteiger partial charge in [0.2, 0.25) is 0 Å². The topological polar surface area (TPSA) is 67.7 Å². The Morgan fingerprint density at radius 3 is 2.44 bits per heavy atom. The fourth-order valence-corrected chi connectivity index (χ4v) is 3.40. The Bertz CT molecular complexity index is 918. The van der Waals surface area contributed by atoms with Gasteiger partial charge in [-0.1, -0.05) is 19.3 Å². The van der Waals surface area contributed by atoms with E-state index >= 15 is 0 Å². The van der Waals surface area contributed by atoms with Gasteiger partial charge in [-0.2, -0.15) is 0 Å². The number of pyridine rings is 1. The van der Waals surface area contributed by atoms with E-state index in [-0.39, 0.29) is 0 Å². The molecule has 3 heterocycles. The zero-order valence-corrected chi connectivity index (χ0v) is 15.1. The van der Waals surface area contributed by atoms with Crippen LogP contribution in [0.5, 0.6) is 0 Å². The molecular weight excluding hydrogens is 336 g/mol. The molecule has 27 heavy (non-hydrogen) atoms. The highest BCUT2D eigenvalue weighted by molar-refractivity contribution is 5.67. The molecule has 0 radical (unpaired) electrons. The van der Waals surface area contributed by atoms with Crippen LogP contribution in [0.15, 0.2) is 49.2 Å². The molecule has 1 aliphatic rings. The normalized spacial score (nSPS) is 14.5. The van der Waals surface area contributed by atoms with Gasteiger partial charge in [-0.15, -0.1) is 6.42 Å². The number of nitrogens with zero attached hydrogens (tertiary/aromatic N) is 4. The molecule has 0 aromatic carbocycles. The average Bonchev–Trinajstić information content (AvgIpc) is 3.24. The van der Waals surface area contributed by atoms with Crippen LogP contribution in [0.1, 0.15) is 37.8 Å². The lowest BCUT2D eigenvalue weighted by Gasteiger charge is -2.25. The van der Waals surface area contributed by atoms with Gasteiger partial charge in [0.15, 0.2) is 0 Å². The highest BCUT2D eigenvalue weighted by Gasteiger charge is 2.16. The summed E-state index contributed by atoms with van der Waals surface area (Å²) >= 11 is 0. The van der Waals surface area contributed by atoms with E-state index in [2.05, 4.69) is 36.1 Å². The van der Waals surface area contributed by atoms with E-state index in [0.29, 0.717) is 23.4 Å². The highest BCUT2D eigenvalue weighted by atomic mass is 15.1. The molecule has 0 amide bonds. The maximum atomic E-state index is 5.33. The van der Waals surface area contributed by atoms with E-state index in [9.17, 15) is 0 Å². The smallest absolute Gasteiger partial charge is 0.150 e. The number of anilines is 3. The lowest BCUT2D eigenvalue weighted by atomic mass is 9.95. The number of terminal acetylenes is 1. The summed E-state index contributed by atoms with van der Waals surface area (Å²) in [6, 6.07) is 6.55. The fourth-order valence-electron chi connectivity index (χ4n) is 3.40. The Morgan fingerprint density at radius 2 is 1.74 bits per heavy atom. The van der Waals surface area contributed by atoms with Crippen molar-refractivity contribution < 1.29 is 0 Å². The van der Waals surface area contributed by atoms with Crippen LogP contribution in [-0.2, 0) is 0 Å². The third-order valence-electron chi connectivity index (χ3n) is 4.79. The Hall–Kier alpha value is -3.33. The van der Waals surface area contributed by atoms with E-state index in [1.54, 1.807) is 12.4 Å². The van der Waals surface area contributed by atoms with E-state index < -0.39 is 0 Å². The monoisotopic (exact) mass is 358 g/mol. The molecule has 0 atom stereocenters. The molecule has 3 aromatic rings. The Kier molecular flexibility index (Phi) is 5.01. The van der Waals surface area contributed by atoms with Crippen molar-refractivity contribution in [3.8, 4) is 18.0 Å². The molecule has 1 aliphatic carbocycles. The first-order valence-electron chi connectivity index (χ1n) is 9.27. The van der Waals surface area contributed by atoms with Crippen molar-refractivity contribution in [2.75, 3.05) is 10.6 Å². The molecular formula is C21H22N6. The molecule has 136 valence electrons. The lowest BCUT2D eigenvalue weighted by molar-refractivity contribution is 0.462. The summed E-state index contributed by atoms with van der Waals surface area (Å²) in [6.07, 6.45) is 20.7. The minimum atomic E-state index is 0.498. The Balaban J connectivity index is 1.60. The van der Waals surface area contributed by atoms with Gasteiger partial charge in [0.1, 0.15) is 17.3 Å². The third kappa shape index (κ3) is 4.09. The van der Waals surface area contributed by atoms with E-state index in [1.807, 2.05) is 36.8 Å². The first kappa shape index (κ1) is 17.1. The molecule has 0 unspecified atom stereocenters. The minimum absolute atomic E-state index is 0.498. The van der Waals surface area contributed by atoms with Gasteiger partial charge in [-0.05, 0) is 30.9 Å². The first-order valence-corrected chi connectivity index (χ1v) is 9.27. The molecule has 3 aromatic heterocycles. The van der Waals surface area contributed by atoms with Crippen LogP contribution < -0.4 is 10.6 Å². The summed E-state index contributed by atoms with van der Waals surface area (Å²) in [6.45, 7) is 0. The zero-order chi connectivity index (χ0) is 18.5. The largest absolute Gasteiger partial charge is 0.380 e. The molecule has 2 N–H and O–H groups in total. The number of rotatable bonds is 5. The summed E-state index contributed by atoms with van der Waals surface area (Å²) in [5, 5.41) is 6.92. The summed E-state index contributed by atoms with van der Waals surface area (Å²) in [4.78, 5) is 13.0. The van der Waals surface area contributed by atoms with Crippen molar-refractivity contribution in [1.29, 1.82) is 0 Å². The standard InChI is InChI=1S/C21H22N6/c1-2-16-13-23-21(15-22-16)26-20-12-18(25-17-8-4-3-5-9-17)19(14-24-20)27-10-6-7-11-27/h1,6-7,10-15,17H,3-5,8-9H2,(H2,23,24,25,26). The van der Waals surface area contributed by atoms with E-state index in [0.717, 1.165) is 11.4 Å². The molecule has 0 aliphatic heterocycles. The average molecular weight is 358 g/mol.